The summed E-state index contributed by atoms with van der Waals surface area (Å²) < 4.78 is 5.50. The van der Waals surface area contributed by atoms with Crippen LogP contribution < -0.4 is 10.5 Å². The molecule has 1 atom stereocenters. The predicted molar refractivity (Wildman–Crippen MR) is 78.6 cm³/mol. The number of amides is 2. The topological polar surface area (TPSA) is 72.6 Å². The fourth-order valence-electron chi connectivity index (χ4n) is 2.73. The largest absolute Gasteiger partial charge is 0.410 e. The third-order valence-electron chi connectivity index (χ3n) is 3.37. The lowest BCUT2D eigenvalue weighted by Crippen LogP contribution is -2.31. The van der Waals surface area contributed by atoms with Gasteiger partial charge in [0.2, 0.25) is 0 Å². The number of carbonyl (C=O) groups excluding carboxylic acids is 2. The SMILES string of the molecule is CN1C(=O)c2cc(OC(N)=O)c(Br)cc2C1C(C)(C)C. The Morgan fingerprint density at radius 1 is 1.40 bits per heavy atom. The Hall–Kier alpha value is -1.56. The van der Waals surface area contributed by atoms with Gasteiger partial charge in [-0.3, -0.25) is 4.79 Å². The molecule has 2 N–H and O–H groups in total. The van der Waals surface area contributed by atoms with Crippen LogP contribution in [0, 0.1) is 5.41 Å². The lowest BCUT2D eigenvalue weighted by Gasteiger charge is -2.33. The molecule has 20 heavy (non-hydrogen) atoms. The Morgan fingerprint density at radius 3 is 2.50 bits per heavy atom. The molecule has 1 aliphatic rings. The van der Waals surface area contributed by atoms with E-state index >= 15 is 0 Å². The number of primary amides is 1. The number of ether oxygens (including phenoxy) is 1. The fourth-order valence-corrected chi connectivity index (χ4v) is 3.17. The quantitative estimate of drug-likeness (QED) is 0.853. The second-order valence-electron chi connectivity index (χ2n) is 5.98. The van der Waals surface area contributed by atoms with Gasteiger partial charge in [0.25, 0.3) is 5.91 Å². The number of hydrogen-bond donors (Lipinski definition) is 1. The first kappa shape index (κ1) is 14.8. The minimum Gasteiger partial charge on any atom is -0.409 e. The molecule has 0 spiro atoms. The molecule has 0 saturated carbocycles. The summed E-state index contributed by atoms with van der Waals surface area (Å²) in [6.07, 6.45) is -0.906. The van der Waals surface area contributed by atoms with Gasteiger partial charge in [-0.1, -0.05) is 20.8 Å². The minimum atomic E-state index is -0.906. The van der Waals surface area contributed by atoms with E-state index in [4.69, 9.17) is 10.5 Å². The molecule has 1 aromatic rings. The van der Waals surface area contributed by atoms with Crippen molar-refractivity contribution in [3.05, 3.63) is 27.7 Å². The smallest absolute Gasteiger partial charge is 0.409 e. The van der Waals surface area contributed by atoms with Crippen LogP contribution in [0.2, 0.25) is 0 Å². The average Bonchev–Trinajstić information content (AvgIpc) is 2.51. The van der Waals surface area contributed by atoms with Crippen LogP contribution in [0.5, 0.6) is 5.75 Å². The molecule has 2 rings (SSSR count). The van der Waals surface area contributed by atoms with Crippen molar-refractivity contribution in [2.24, 2.45) is 11.1 Å². The van der Waals surface area contributed by atoms with Gasteiger partial charge in [-0.25, -0.2) is 4.79 Å². The maximum atomic E-state index is 12.3. The Kier molecular flexibility index (Phi) is 3.54. The van der Waals surface area contributed by atoms with E-state index < -0.39 is 6.09 Å². The van der Waals surface area contributed by atoms with Crippen LogP contribution in [0.4, 0.5) is 4.79 Å². The molecule has 1 heterocycles. The van der Waals surface area contributed by atoms with Crippen molar-refractivity contribution in [1.29, 1.82) is 0 Å². The van der Waals surface area contributed by atoms with Crippen molar-refractivity contribution in [1.82, 2.24) is 4.90 Å². The summed E-state index contributed by atoms with van der Waals surface area (Å²) in [5, 5.41) is 0. The maximum Gasteiger partial charge on any atom is 0.410 e. The average molecular weight is 341 g/mol. The molecule has 0 aromatic heterocycles. The van der Waals surface area contributed by atoms with E-state index in [9.17, 15) is 9.59 Å². The normalized spacial score (nSPS) is 18.1. The van der Waals surface area contributed by atoms with Crippen molar-refractivity contribution in [3.8, 4) is 5.75 Å². The third kappa shape index (κ3) is 2.40. The molecule has 1 unspecified atom stereocenters. The zero-order valence-corrected chi connectivity index (χ0v) is 13.4. The van der Waals surface area contributed by atoms with Crippen LogP contribution in [0.3, 0.4) is 0 Å². The highest BCUT2D eigenvalue weighted by Gasteiger charge is 2.41. The Balaban J connectivity index is 2.57. The van der Waals surface area contributed by atoms with E-state index in [0.717, 1.165) is 5.56 Å². The summed E-state index contributed by atoms with van der Waals surface area (Å²) in [4.78, 5) is 24.9. The van der Waals surface area contributed by atoms with E-state index in [1.54, 1.807) is 18.0 Å². The first-order chi connectivity index (χ1) is 9.12. The molecule has 1 aromatic carbocycles. The van der Waals surface area contributed by atoms with Gasteiger partial charge in [0.05, 0.1) is 10.5 Å². The highest BCUT2D eigenvalue weighted by Crippen LogP contribution is 2.46. The number of nitrogens with zero attached hydrogens (tertiary/aromatic N) is 1. The number of halogens is 1. The maximum absolute atomic E-state index is 12.3. The lowest BCUT2D eigenvalue weighted by molar-refractivity contribution is 0.0666. The summed E-state index contributed by atoms with van der Waals surface area (Å²) in [6, 6.07) is 3.36. The summed E-state index contributed by atoms with van der Waals surface area (Å²) in [5.41, 5.74) is 6.40. The zero-order valence-electron chi connectivity index (χ0n) is 11.9. The molecular weight excluding hydrogens is 324 g/mol. The van der Waals surface area contributed by atoms with E-state index in [0.29, 0.717) is 10.0 Å². The molecule has 0 aliphatic carbocycles. The second kappa shape index (κ2) is 4.77. The number of benzene rings is 1. The number of fused-ring (bicyclic) bond motifs is 1. The summed E-state index contributed by atoms with van der Waals surface area (Å²) in [5.74, 6) is 0.175. The van der Waals surface area contributed by atoms with Crippen LogP contribution in [0.1, 0.15) is 42.7 Å². The highest BCUT2D eigenvalue weighted by molar-refractivity contribution is 9.10. The van der Waals surface area contributed by atoms with Crippen molar-refractivity contribution < 1.29 is 14.3 Å². The van der Waals surface area contributed by atoms with Gasteiger partial charge >= 0.3 is 6.09 Å². The Morgan fingerprint density at radius 2 is 2.00 bits per heavy atom. The molecule has 6 heteroatoms. The zero-order chi connectivity index (χ0) is 15.2. The first-order valence-electron chi connectivity index (χ1n) is 6.21. The standard InChI is InChI=1S/C14H17BrN2O3/c1-14(2,3)11-7-5-9(15)10(20-13(16)19)6-8(7)12(18)17(11)4/h5-6,11H,1-4H3,(H2,16,19). The van der Waals surface area contributed by atoms with Gasteiger partial charge in [0.15, 0.2) is 0 Å². The van der Waals surface area contributed by atoms with Gasteiger partial charge in [-0.15, -0.1) is 0 Å². The summed E-state index contributed by atoms with van der Waals surface area (Å²) >= 11 is 3.35. The molecule has 108 valence electrons. The summed E-state index contributed by atoms with van der Waals surface area (Å²) in [7, 11) is 1.78. The van der Waals surface area contributed by atoms with E-state index in [-0.39, 0.29) is 23.1 Å². The first-order valence-corrected chi connectivity index (χ1v) is 7.00. The monoisotopic (exact) mass is 340 g/mol. The molecule has 0 saturated heterocycles. The molecule has 1 aliphatic heterocycles. The lowest BCUT2D eigenvalue weighted by atomic mass is 9.82. The van der Waals surface area contributed by atoms with Gasteiger partial charge in [0, 0.05) is 12.6 Å². The van der Waals surface area contributed by atoms with E-state index in [1.165, 1.54) is 0 Å². The van der Waals surface area contributed by atoms with Crippen LogP contribution in [0.25, 0.3) is 0 Å². The Bertz CT molecular complexity index is 593. The number of rotatable bonds is 1. The van der Waals surface area contributed by atoms with Gasteiger partial charge in [0.1, 0.15) is 5.75 Å². The Labute approximate surface area is 126 Å². The molecule has 0 fully saturated rings. The minimum absolute atomic E-state index is 0.0241. The number of nitrogens with two attached hydrogens (primary N) is 1. The van der Waals surface area contributed by atoms with Crippen LogP contribution in [-0.2, 0) is 0 Å². The van der Waals surface area contributed by atoms with Crippen molar-refractivity contribution in [2.45, 2.75) is 26.8 Å². The van der Waals surface area contributed by atoms with E-state index in [1.807, 2.05) is 6.07 Å². The molecule has 0 bridgehead atoms. The molecular formula is C14H17BrN2O3. The summed E-state index contributed by atoms with van der Waals surface area (Å²) in [6.45, 7) is 6.24. The van der Waals surface area contributed by atoms with Crippen LogP contribution in [-0.4, -0.2) is 23.9 Å². The molecule has 2 amide bonds. The van der Waals surface area contributed by atoms with Gasteiger partial charge in [-0.05, 0) is 39.0 Å². The van der Waals surface area contributed by atoms with E-state index in [2.05, 4.69) is 36.7 Å². The second-order valence-corrected chi connectivity index (χ2v) is 6.83. The third-order valence-corrected chi connectivity index (χ3v) is 3.99. The van der Waals surface area contributed by atoms with Crippen molar-refractivity contribution >= 4 is 27.9 Å². The van der Waals surface area contributed by atoms with Crippen LogP contribution in [0.15, 0.2) is 16.6 Å². The highest BCUT2D eigenvalue weighted by atomic mass is 79.9. The van der Waals surface area contributed by atoms with Crippen molar-refractivity contribution in [2.75, 3.05) is 7.05 Å². The molecule has 0 radical (unpaired) electrons. The van der Waals surface area contributed by atoms with Gasteiger partial charge in [-0.2, -0.15) is 0 Å². The predicted octanol–water partition coefficient (Wildman–Crippen LogP) is 3.08. The number of carbonyl (C=O) groups is 2. The number of hydrogen-bond acceptors (Lipinski definition) is 3. The van der Waals surface area contributed by atoms with Crippen molar-refractivity contribution in [3.63, 3.8) is 0 Å². The van der Waals surface area contributed by atoms with Gasteiger partial charge < -0.3 is 15.4 Å². The fraction of sp³-hybridized carbons (Fsp3) is 0.429. The molecule has 5 nitrogen and oxygen atoms in total. The van der Waals surface area contributed by atoms with Crippen LogP contribution >= 0.6 is 15.9 Å².